The molecule has 0 bridgehead atoms. The van der Waals surface area contributed by atoms with Crippen LogP contribution >= 0.6 is 12.8 Å². The Hall–Kier alpha value is -1.33. The number of rotatable bonds is 4. The number of carboxylic acids is 1. The van der Waals surface area contributed by atoms with Gasteiger partial charge in [0.05, 0.1) is 23.8 Å². The molecule has 2 aliphatic heterocycles. The molecule has 3 unspecified atom stereocenters. The quantitative estimate of drug-likeness (QED) is 0.261. The summed E-state index contributed by atoms with van der Waals surface area (Å²) in [6, 6.07) is 11.8. The van der Waals surface area contributed by atoms with Gasteiger partial charge in [0.2, 0.25) is 0 Å². The Kier molecular flexibility index (Phi) is 10.1. The van der Waals surface area contributed by atoms with Crippen LogP contribution in [0.4, 0.5) is 0 Å². The number of benzene rings is 2. The molecule has 2 aliphatic carbocycles. The van der Waals surface area contributed by atoms with Crippen molar-refractivity contribution in [2.24, 2.45) is 5.41 Å². The molecule has 9 heteroatoms. The number of carbonyl (C=O) groups excluding carboxylic acids is 1. The summed E-state index contributed by atoms with van der Waals surface area (Å²) in [4.78, 5) is 28.1. The normalized spacial score (nSPS) is 24.2. The van der Waals surface area contributed by atoms with E-state index >= 15 is 0 Å². The molecule has 2 saturated carbocycles. The molecule has 3 atom stereocenters. The number of nitrogens with zero attached hydrogens (tertiary/aromatic N) is 3. The zero-order valence-electron chi connectivity index (χ0n) is 25.8. The number of thiol groups is 1. The van der Waals surface area contributed by atoms with Crippen LogP contribution in [0, 0.1) is 18.9 Å². The summed E-state index contributed by atoms with van der Waals surface area (Å²) >= 11 is 3.80. The second kappa shape index (κ2) is 13.2. The van der Waals surface area contributed by atoms with Crippen LogP contribution in [0.2, 0.25) is 0 Å². The fraction of sp³-hybridized carbons (Fsp3) is 0.471. The van der Waals surface area contributed by atoms with Gasteiger partial charge in [-0.15, -0.1) is 6.04 Å². The Morgan fingerprint density at radius 1 is 1.12 bits per heavy atom. The van der Waals surface area contributed by atoms with Crippen molar-refractivity contribution in [1.29, 1.82) is 0 Å². The van der Waals surface area contributed by atoms with E-state index < -0.39 is 11.4 Å². The Morgan fingerprint density at radius 2 is 1.84 bits per heavy atom. The molecule has 224 valence electrons. The first-order valence-corrected chi connectivity index (χ1v) is 15.5. The van der Waals surface area contributed by atoms with Gasteiger partial charge in [-0.3, -0.25) is 9.10 Å². The van der Waals surface area contributed by atoms with Crippen molar-refractivity contribution in [2.45, 2.75) is 75.8 Å². The monoisotopic (exact) mass is 626 g/mol. The first-order valence-electron chi connectivity index (χ1n) is 15.1. The molecule has 1 N–H and O–H groups in total. The molecule has 3 heterocycles. The molecule has 4 aliphatic rings. The number of carbonyl (C=O) groups is 2. The summed E-state index contributed by atoms with van der Waals surface area (Å²) < 4.78 is 9.65. The minimum Gasteiger partial charge on any atom is -0.515 e. The van der Waals surface area contributed by atoms with Crippen LogP contribution in [0.3, 0.4) is 0 Å². The van der Waals surface area contributed by atoms with E-state index in [1.165, 1.54) is 36.1 Å². The zero-order valence-corrected chi connectivity index (χ0v) is 29.8. The maximum Gasteiger partial charge on any atom is 1.00 e. The van der Waals surface area contributed by atoms with Crippen LogP contribution in [0.5, 0.6) is 5.75 Å². The molecule has 7 rings (SSSR count). The molecule has 1 aromatic heterocycles. The summed E-state index contributed by atoms with van der Waals surface area (Å²) in [6.45, 7) is 6.82. The van der Waals surface area contributed by atoms with Gasteiger partial charge in [-0.1, -0.05) is 44.6 Å². The van der Waals surface area contributed by atoms with Crippen LogP contribution < -0.4 is 56.1 Å². The average Bonchev–Trinajstić information content (AvgIpc) is 3.45. The van der Waals surface area contributed by atoms with Crippen molar-refractivity contribution in [2.75, 3.05) is 21.2 Å². The van der Waals surface area contributed by atoms with E-state index in [0.29, 0.717) is 12.5 Å². The van der Waals surface area contributed by atoms with Crippen LogP contribution in [0.15, 0.2) is 36.4 Å². The van der Waals surface area contributed by atoms with Gasteiger partial charge in [0, 0.05) is 28.9 Å². The summed E-state index contributed by atoms with van der Waals surface area (Å²) in [6.07, 6.45) is 8.49. The van der Waals surface area contributed by atoms with Crippen LogP contribution in [0.1, 0.15) is 84.7 Å². The Bertz CT molecular complexity index is 1530. The van der Waals surface area contributed by atoms with E-state index in [9.17, 15) is 14.7 Å². The fourth-order valence-corrected chi connectivity index (χ4v) is 7.61. The number of methoxy groups -OCH3 is 1. The first-order chi connectivity index (χ1) is 20.2. The van der Waals surface area contributed by atoms with Gasteiger partial charge in [0.1, 0.15) is 5.75 Å². The maximum atomic E-state index is 14.2. The summed E-state index contributed by atoms with van der Waals surface area (Å²) in [5.74, 6) is 0.541. The van der Waals surface area contributed by atoms with Crippen molar-refractivity contribution in [3.05, 3.63) is 66.6 Å². The van der Waals surface area contributed by atoms with E-state index in [1.807, 2.05) is 43.7 Å². The van der Waals surface area contributed by atoms with Crippen LogP contribution in [-0.4, -0.2) is 58.0 Å². The van der Waals surface area contributed by atoms with E-state index in [2.05, 4.69) is 36.4 Å². The number of carboxylic acid groups (broad SMARTS) is 1. The first kappa shape index (κ1) is 33.0. The topological polar surface area (TPSA) is 75.0 Å². The van der Waals surface area contributed by atoms with Gasteiger partial charge in [0.25, 0.3) is 0 Å². The standard InChI is InChI=1S/C32H34N2O4.C2H7NS.K/c1-19-7-6-14-33(19)31(37)32-17-26(32)25-16-22(38-2)11-13-23(25)29-28(20-8-4-3-5-9-20)24-12-10-21(30(35)36)15-27(24)34(29)18-32;1-3(2)4;/h10-16,19-20,26H,1,3-9,17-18H2,2H3,(H,35,36);4H,1-2H3;/q-2;;+1. The van der Waals surface area contributed by atoms with Crippen molar-refractivity contribution in [3.8, 4) is 17.0 Å². The molecular formula is C34H41KN3O4S-. The number of fused-ring (bicyclic) bond motifs is 7. The van der Waals surface area contributed by atoms with Gasteiger partial charge < -0.3 is 26.2 Å². The zero-order chi connectivity index (χ0) is 29.8. The van der Waals surface area contributed by atoms with Crippen molar-refractivity contribution < 1.29 is 70.8 Å². The second-order valence-corrected chi connectivity index (χ2v) is 13.4. The van der Waals surface area contributed by atoms with Crippen LogP contribution in [-0.2, 0) is 11.3 Å². The summed E-state index contributed by atoms with van der Waals surface area (Å²) in [5.41, 5.74) is 5.47. The molecule has 0 radical (unpaired) electrons. The third-order valence-electron chi connectivity index (χ3n) is 9.65. The number of likely N-dealkylation sites (tertiary alicyclic amines) is 1. The molecule has 3 fully saturated rings. The maximum absolute atomic E-state index is 14.2. The Labute approximate surface area is 303 Å². The fourth-order valence-electron chi connectivity index (χ4n) is 7.61. The Morgan fingerprint density at radius 3 is 2.47 bits per heavy atom. The van der Waals surface area contributed by atoms with Gasteiger partial charge in [-0.2, -0.15) is 6.42 Å². The molecule has 3 aromatic rings. The molecule has 43 heavy (non-hydrogen) atoms. The van der Waals surface area contributed by atoms with E-state index in [1.54, 1.807) is 17.5 Å². The predicted octanol–water partition coefficient (Wildman–Crippen LogP) is 3.93. The molecule has 1 saturated heterocycles. The number of hydrogen-bond acceptors (Lipinski definition) is 5. The van der Waals surface area contributed by atoms with Gasteiger partial charge in [0.15, 0.2) is 5.91 Å². The molecule has 0 spiro atoms. The number of aromatic carboxylic acids is 1. The minimum atomic E-state index is -0.929. The third kappa shape index (κ3) is 6.00. The Balaban J connectivity index is 0.000000695. The van der Waals surface area contributed by atoms with E-state index in [4.69, 9.17) is 4.74 Å². The number of amides is 1. The van der Waals surface area contributed by atoms with Crippen molar-refractivity contribution in [3.63, 3.8) is 0 Å². The van der Waals surface area contributed by atoms with Crippen LogP contribution in [0.25, 0.3) is 22.2 Å². The smallest absolute Gasteiger partial charge is 0.515 e. The molecule has 2 aromatic carbocycles. The van der Waals surface area contributed by atoms with E-state index in [-0.39, 0.29) is 74.8 Å². The average molecular weight is 627 g/mol. The molecule has 1 amide bonds. The largest absolute Gasteiger partial charge is 1.00 e. The number of hydrogen-bond donors (Lipinski definition) is 2. The minimum absolute atomic E-state index is 0. The predicted molar refractivity (Wildman–Crippen MR) is 169 cm³/mol. The third-order valence-corrected chi connectivity index (χ3v) is 9.65. The van der Waals surface area contributed by atoms with Gasteiger partial charge in [-0.05, 0) is 80.7 Å². The molecular weight excluding hydrogens is 586 g/mol. The summed E-state index contributed by atoms with van der Waals surface area (Å²) in [7, 11) is 5.42. The van der Waals surface area contributed by atoms with Crippen molar-refractivity contribution in [1.82, 2.24) is 13.8 Å². The SMILES string of the molecule is CN(C)S.[CH2-]C1CC[CH-]N1C(=O)C12CC1c1cc(OC)ccc1-c1c(C3CCCCC3)c3ccc(C(=O)O)cc3n1C2.[K+]. The van der Waals surface area contributed by atoms with Crippen molar-refractivity contribution >= 4 is 35.6 Å². The second-order valence-electron chi connectivity index (χ2n) is 12.6. The summed E-state index contributed by atoms with van der Waals surface area (Å²) in [5, 5.41) is 11.0. The van der Waals surface area contributed by atoms with Gasteiger partial charge >= 0.3 is 57.4 Å². The van der Waals surface area contributed by atoms with Gasteiger partial charge in [-0.25, -0.2) is 11.3 Å². The number of aromatic nitrogens is 1. The molecule has 7 nitrogen and oxygen atoms in total. The number of ether oxygens (including phenoxy) is 1. The van der Waals surface area contributed by atoms with E-state index in [0.717, 1.165) is 54.3 Å².